The predicted octanol–water partition coefficient (Wildman–Crippen LogP) is 3.77. The zero-order chi connectivity index (χ0) is 24.4. The molecule has 3 N–H and O–H groups in total. The summed E-state index contributed by atoms with van der Waals surface area (Å²) in [6, 6.07) is 12.9. The summed E-state index contributed by atoms with van der Waals surface area (Å²) < 4.78 is 28.2. The molecule has 0 fully saturated rings. The van der Waals surface area contributed by atoms with Crippen LogP contribution in [-0.4, -0.2) is 24.5 Å². The van der Waals surface area contributed by atoms with Gasteiger partial charge in [0.25, 0.3) is 5.56 Å². The van der Waals surface area contributed by atoms with E-state index in [-0.39, 0.29) is 12.1 Å². The number of rotatable bonds is 6. The van der Waals surface area contributed by atoms with E-state index in [4.69, 9.17) is 5.73 Å². The average molecular weight is 471 g/mol. The van der Waals surface area contributed by atoms with Crippen LogP contribution < -0.4 is 16.6 Å². The topological polar surface area (TPSA) is 112 Å². The Bertz CT molecular complexity index is 1570. The van der Waals surface area contributed by atoms with Crippen LogP contribution in [0.4, 0.5) is 20.4 Å². The van der Waals surface area contributed by atoms with Gasteiger partial charge in [0.2, 0.25) is 0 Å². The molecule has 0 radical (unpaired) electrons. The Balaban J connectivity index is 1.38. The van der Waals surface area contributed by atoms with Crippen LogP contribution in [0.3, 0.4) is 0 Å². The minimum absolute atomic E-state index is 0.0444. The Morgan fingerprint density at radius 2 is 1.69 bits per heavy atom. The van der Waals surface area contributed by atoms with E-state index in [0.717, 1.165) is 23.3 Å². The van der Waals surface area contributed by atoms with Gasteiger partial charge in [-0.25, -0.2) is 23.7 Å². The molecule has 35 heavy (non-hydrogen) atoms. The molecule has 0 saturated heterocycles. The van der Waals surface area contributed by atoms with Gasteiger partial charge in [-0.15, -0.1) is 0 Å². The van der Waals surface area contributed by atoms with E-state index in [1.54, 1.807) is 18.5 Å². The molecule has 0 aliphatic heterocycles. The highest BCUT2D eigenvalue weighted by molar-refractivity contribution is 5.87. The maximum absolute atomic E-state index is 13.6. The van der Waals surface area contributed by atoms with E-state index in [2.05, 4.69) is 25.3 Å². The number of pyridine rings is 1. The number of aromatic nitrogens is 5. The Morgan fingerprint density at radius 1 is 0.886 bits per heavy atom. The van der Waals surface area contributed by atoms with E-state index in [9.17, 15) is 13.6 Å². The Morgan fingerprint density at radius 3 is 2.43 bits per heavy atom. The molecule has 8 nitrogen and oxygen atoms in total. The first-order valence-electron chi connectivity index (χ1n) is 10.7. The number of nitrogens with one attached hydrogen (secondary N) is 1. The van der Waals surface area contributed by atoms with Crippen LogP contribution in [0.2, 0.25) is 0 Å². The first-order chi connectivity index (χ1) is 17.0. The molecule has 0 saturated carbocycles. The summed E-state index contributed by atoms with van der Waals surface area (Å²) in [4.78, 5) is 30.2. The number of anilines is 2. The number of benzene rings is 2. The lowest BCUT2D eigenvalue weighted by Gasteiger charge is -2.11. The first kappa shape index (κ1) is 22.1. The van der Waals surface area contributed by atoms with Gasteiger partial charge >= 0.3 is 0 Å². The number of hydrogen-bond donors (Lipinski definition) is 2. The molecule has 10 heteroatoms. The number of halogens is 2. The summed E-state index contributed by atoms with van der Waals surface area (Å²) in [6.07, 6.45) is 6.07. The second-order valence-corrected chi connectivity index (χ2v) is 7.86. The average Bonchev–Trinajstić information content (AvgIpc) is 2.87. The molecule has 174 valence electrons. The molecule has 0 unspecified atom stereocenters. The predicted molar refractivity (Wildman–Crippen MR) is 128 cm³/mol. The van der Waals surface area contributed by atoms with Gasteiger partial charge in [0.05, 0.1) is 36.5 Å². The third-order valence-corrected chi connectivity index (χ3v) is 5.46. The fourth-order valence-corrected chi connectivity index (χ4v) is 3.65. The van der Waals surface area contributed by atoms with Crippen LogP contribution >= 0.6 is 0 Å². The van der Waals surface area contributed by atoms with E-state index >= 15 is 0 Å². The third-order valence-electron chi connectivity index (χ3n) is 5.46. The van der Waals surface area contributed by atoms with Gasteiger partial charge in [0.15, 0.2) is 11.6 Å². The van der Waals surface area contributed by atoms with Crippen molar-refractivity contribution >= 4 is 22.5 Å². The molecular formula is C25H19F2N7O. The molecule has 0 bridgehead atoms. The highest BCUT2D eigenvalue weighted by atomic mass is 19.2. The molecule has 5 rings (SSSR count). The van der Waals surface area contributed by atoms with Gasteiger partial charge < -0.3 is 11.1 Å². The smallest absolute Gasteiger partial charge is 0.265 e. The minimum Gasteiger partial charge on any atom is -0.382 e. The zero-order valence-electron chi connectivity index (χ0n) is 18.3. The number of nitrogens with zero attached hydrogens (tertiary/aromatic N) is 5. The summed E-state index contributed by atoms with van der Waals surface area (Å²) in [5, 5.41) is 3.51. The van der Waals surface area contributed by atoms with Gasteiger partial charge in [-0.1, -0.05) is 30.3 Å². The SMILES string of the molecule is Nc1cnc(-c2ccc(CNc3nccc4ncn(Cc5ccc(F)c(F)c5)c(=O)c34)cc2)cn1. The largest absolute Gasteiger partial charge is 0.382 e. The molecule has 0 aliphatic carbocycles. The van der Waals surface area contributed by atoms with E-state index in [1.165, 1.54) is 23.2 Å². The van der Waals surface area contributed by atoms with Crippen molar-refractivity contribution in [2.75, 3.05) is 11.1 Å². The van der Waals surface area contributed by atoms with Gasteiger partial charge in [0, 0.05) is 18.3 Å². The van der Waals surface area contributed by atoms with Gasteiger partial charge in [0.1, 0.15) is 17.0 Å². The van der Waals surface area contributed by atoms with E-state index < -0.39 is 11.6 Å². The van der Waals surface area contributed by atoms with Crippen molar-refractivity contribution in [3.63, 3.8) is 0 Å². The Hall–Kier alpha value is -4.73. The van der Waals surface area contributed by atoms with Crippen molar-refractivity contribution in [1.29, 1.82) is 0 Å². The third kappa shape index (κ3) is 4.67. The number of nitrogen functional groups attached to an aromatic ring is 1. The summed E-state index contributed by atoms with van der Waals surface area (Å²) in [6.45, 7) is 0.458. The standard InChI is InChI=1S/C25H19F2N7O/c26-18-6-3-16(9-19(18)27)13-34-14-33-20-7-8-29-24(23(20)25(34)35)32-10-15-1-4-17(5-2-15)21-11-31-22(28)12-30-21/h1-9,11-12,14H,10,13H2,(H2,28,31)(H,29,32). The fraction of sp³-hybridized carbons (Fsp3) is 0.0800. The maximum atomic E-state index is 13.6. The lowest BCUT2D eigenvalue weighted by molar-refractivity contribution is 0.506. The lowest BCUT2D eigenvalue weighted by atomic mass is 10.1. The van der Waals surface area contributed by atoms with Gasteiger partial charge in [-0.2, -0.15) is 0 Å². The Kier molecular flexibility index (Phi) is 5.84. The maximum Gasteiger partial charge on any atom is 0.265 e. The second-order valence-electron chi connectivity index (χ2n) is 7.86. The van der Waals surface area contributed by atoms with Gasteiger partial charge in [-0.05, 0) is 29.3 Å². The van der Waals surface area contributed by atoms with Crippen molar-refractivity contribution in [2.24, 2.45) is 0 Å². The van der Waals surface area contributed by atoms with Crippen molar-refractivity contribution in [3.8, 4) is 11.3 Å². The fourth-order valence-electron chi connectivity index (χ4n) is 3.65. The zero-order valence-corrected chi connectivity index (χ0v) is 18.3. The second kappa shape index (κ2) is 9.26. The molecule has 0 spiro atoms. The van der Waals surface area contributed by atoms with Crippen molar-refractivity contribution in [2.45, 2.75) is 13.1 Å². The van der Waals surface area contributed by atoms with Crippen molar-refractivity contribution in [1.82, 2.24) is 24.5 Å². The highest BCUT2D eigenvalue weighted by Crippen LogP contribution is 2.20. The number of nitrogens with two attached hydrogens (primary N) is 1. The molecule has 2 aromatic carbocycles. The lowest BCUT2D eigenvalue weighted by Crippen LogP contribution is -2.22. The number of hydrogen-bond acceptors (Lipinski definition) is 7. The van der Waals surface area contributed by atoms with Gasteiger partial charge in [-0.3, -0.25) is 14.3 Å². The molecular weight excluding hydrogens is 452 g/mol. The summed E-state index contributed by atoms with van der Waals surface area (Å²) in [5.74, 6) is -1.17. The monoisotopic (exact) mass is 471 g/mol. The van der Waals surface area contributed by atoms with Crippen LogP contribution in [0.5, 0.6) is 0 Å². The van der Waals surface area contributed by atoms with Crippen LogP contribution in [0, 0.1) is 11.6 Å². The van der Waals surface area contributed by atoms with Crippen LogP contribution in [0.1, 0.15) is 11.1 Å². The van der Waals surface area contributed by atoms with Crippen molar-refractivity contribution in [3.05, 3.63) is 107 Å². The highest BCUT2D eigenvalue weighted by Gasteiger charge is 2.12. The molecule has 0 amide bonds. The molecule has 3 heterocycles. The summed E-state index contributed by atoms with van der Waals surface area (Å²) in [7, 11) is 0. The molecule has 5 aromatic rings. The summed E-state index contributed by atoms with van der Waals surface area (Å²) >= 11 is 0. The van der Waals surface area contributed by atoms with Crippen LogP contribution in [0.15, 0.2) is 78.2 Å². The van der Waals surface area contributed by atoms with E-state index in [1.807, 2.05) is 24.3 Å². The van der Waals surface area contributed by atoms with Crippen LogP contribution in [0.25, 0.3) is 22.2 Å². The first-order valence-corrected chi connectivity index (χ1v) is 10.7. The molecule has 0 aliphatic rings. The van der Waals surface area contributed by atoms with Crippen molar-refractivity contribution < 1.29 is 8.78 Å². The molecule has 3 aromatic heterocycles. The quantitative estimate of drug-likeness (QED) is 0.388. The van der Waals surface area contributed by atoms with E-state index in [0.29, 0.717) is 40.3 Å². The number of fused-ring (bicyclic) bond motifs is 1. The minimum atomic E-state index is -0.970. The Labute approximate surface area is 198 Å². The normalized spacial score (nSPS) is 11.0. The molecule has 0 atom stereocenters. The summed E-state index contributed by atoms with van der Waals surface area (Å²) in [5.41, 5.74) is 8.73. The van der Waals surface area contributed by atoms with Crippen LogP contribution in [-0.2, 0) is 13.1 Å².